The van der Waals surface area contributed by atoms with E-state index in [0.717, 1.165) is 12.8 Å². The third-order valence-corrected chi connectivity index (χ3v) is 7.05. The standard InChI is InChI=1S/C26H25ClFN5O4/c27-18-11-20-24(23(28)25(18)37-14-15-5-6-15)30-21(29-20)12-19-16-3-1-2-4-17(16)26(35)33(31-19)13-22(34)32-7-9-36-10-8-32/h1-4,11,15H,5-10,12-14H2,(H,29,30). The summed E-state index contributed by atoms with van der Waals surface area (Å²) in [7, 11) is 0. The number of hydrogen-bond acceptors (Lipinski definition) is 6. The fraction of sp³-hybridized carbons (Fsp3) is 0.385. The van der Waals surface area contributed by atoms with E-state index >= 15 is 4.39 Å². The fourth-order valence-electron chi connectivity index (χ4n) is 4.56. The molecule has 2 aromatic heterocycles. The summed E-state index contributed by atoms with van der Waals surface area (Å²) in [5, 5.41) is 5.81. The van der Waals surface area contributed by atoms with E-state index in [0.29, 0.717) is 66.6 Å². The number of aromatic amines is 1. The molecule has 1 aliphatic carbocycles. The lowest BCUT2D eigenvalue weighted by atomic mass is 10.1. The molecule has 2 aliphatic rings. The maximum absolute atomic E-state index is 15.2. The molecule has 1 aliphatic heterocycles. The highest BCUT2D eigenvalue weighted by Gasteiger charge is 2.25. The van der Waals surface area contributed by atoms with Crippen molar-refractivity contribution in [3.63, 3.8) is 0 Å². The van der Waals surface area contributed by atoms with E-state index in [1.807, 2.05) is 6.07 Å². The molecule has 0 spiro atoms. The third-order valence-electron chi connectivity index (χ3n) is 6.76. The van der Waals surface area contributed by atoms with Crippen molar-refractivity contribution in [2.45, 2.75) is 25.8 Å². The molecular weight excluding hydrogens is 501 g/mol. The van der Waals surface area contributed by atoms with E-state index in [4.69, 9.17) is 21.1 Å². The minimum atomic E-state index is -0.607. The number of carbonyl (C=O) groups excluding carboxylic acids is 1. The summed E-state index contributed by atoms with van der Waals surface area (Å²) in [5.74, 6) is 0.110. The van der Waals surface area contributed by atoms with Crippen molar-refractivity contribution in [3.05, 3.63) is 63.0 Å². The van der Waals surface area contributed by atoms with Crippen molar-refractivity contribution < 1.29 is 18.7 Å². The predicted octanol–water partition coefficient (Wildman–Crippen LogP) is 3.30. The normalized spacial score (nSPS) is 16.0. The van der Waals surface area contributed by atoms with Crippen molar-refractivity contribution in [2.24, 2.45) is 5.92 Å². The van der Waals surface area contributed by atoms with Gasteiger partial charge < -0.3 is 19.4 Å². The second-order valence-corrected chi connectivity index (χ2v) is 9.87. The zero-order valence-electron chi connectivity index (χ0n) is 20.0. The maximum Gasteiger partial charge on any atom is 0.275 e. The Morgan fingerprint density at radius 2 is 1.97 bits per heavy atom. The Morgan fingerprint density at radius 3 is 2.73 bits per heavy atom. The molecule has 192 valence electrons. The van der Waals surface area contributed by atoms with Gasteiger partial charge >= 0.3 is 0 Å². The van der Waals surface area contributed by atoms with Crippen molar-refractivity contribution >= 4 is 39.3 Å². The van der Waals surface area contributed by atoms with Crippen molar-refractivity contribution in [1.82, 2.24) is 24.6 Å². The largest absolute Gasteiger partial charge is 0.489 e. The van der Waals surface area contributed by atoms with Gasteiger partial charge in [0.05, 0.1) is 47.9 Å². The van der Waals surface area contributed by atoms with Gasteiger partial charge in [-0.1, -0.05) is 29.8 Å². The number of imidazole rings is 1. The quantitative estimate of drug-likeness (QED) is 0.397. The number of ether oxygens (including phenoxy) is 2. The molecule has 1 amide bonds. The minimum absolute atomic E-state index is 0.0119. The van der Waals surface area contributed by atoms with Crippen LogP contribution in [0.5, 0.6) is 5.75 Å². The minimum Gasteiger partial charge on any atom is -0.489 e. The van der Waals surface area contributed by atoms with Crippen LogP contribution in [0.3, 0.4) is 0 Å². The van der Waals surface area contributed by atoms with E-state index in [1.165, 1.54) is 4.68 Å². The van der Waals surface area contributed by atoms with Gasteiger partial charge in [-0.05, 0) is 30.9 Å². The monoisotopic (exact) mass is 525 g/mol. The molecule has 3 heterocycles. The maximum atomic E-state index is 15.2. The molecular formula is C26H25ClFN5O4. The van der Waals surface area contributed by atoms with Crippen LogP contribution in [0.4, 0.5) is 4.39 Å². The molecule has 1 N–H and O–H groups in total. The van der Waals surface area contributed by atoms with Crippen LogP contribution >= 0.6 is 11.6 Å². The summed E-state index contributed by atoms with van der Waals surface area (Å²) >= 11 is 6.30. The van der Waals surface area contributed by atoms with Crippen LogP contribution in [0.15, 0.2) is 35.1 Å². The molecule has 37 heavy (non-hydrogen) atoms. The Kier molecular flexibility index (Phi) is 6.29. The molecule has 0 atom stereocenters. The zero-order chi connectivity index (χ0) is 25.5. The molecule has 1 saturated heterocycles. The van der Waals surface area contributed by atoms with Crippen LogP contribution in [0.2, 0.25) is 5.02 Å². The van der Waals surface area contributed by atoms with Crippen LogP contribution in [0, 0.1) is 11.7 Å². The molecule has 11 heteroatoms. The number of aromatic nitrogens is 4. The van der Waals surface area contributed by atoms with Gasteiger partial charge in [-0.15, -0.1) is 0 Å². The van der Waals surface area contributed by atoms with Gasteiger partial charge in [-0.25, -0.2) is 14.1 Å². The predicted molar refractivity (Wildman–Crippen MR) is 135 cm³/mol. The number of amides is 1. The first kappa shape index (κ1) is 23.9. The summed E-state index contributed by atoms with van der Waals surface area (Å²) in [5.41, 5.74) is 0.767. The van der Waals surface area contributed by atoms with E-state index in [-0.39, 0.29) is 40.7 Å². The molecule has 0 radical (unpaired) electrons. The number of H-pyrrole nitrogens is 1. The van der Waals surface area contributed by atoms with Crippen molar-refractivity contribution in [3.8, 4) is 5.75 Å². The summed E-state index contributed by atoms with van der Waals surface area (Å²) in [6.45, 7) is 2.15. The number of halogens is 2. The average Bonchev–Trinajstić information content (AvgIpc) is 3.65. The number of fused-ring (bicyclic) bond motifs is 2. The highest BCUT2D eigenvalue weighted by atomic mass is 35.5. The number of nitrogens with zero attached hydrogens (tertiary/aromatic N) is 4. The second-order valence-electron chi connectivity index (χ2n) is 9.46. The lowest BCUT2D eigenvalue weighted by Crippen LogP contribution is -2.43. The molecule has 0 bridgehead atoms. The van der Waals surface area contributed by atoms with Gasteiger partial charge in [-0.2, -0.15) is 5.10 Å². The summed E-state index contributed by atoms with van der Waals surface area (Å²) < 4.78 is 27.4. The Bertz CT molecular complexity index is 1560. The number of benzene rings is 2. The van der Waals surface area contributed by atoms with Crippen LogP contribution < -0.4 is 10.3 Å². The fourth-order valence-corrected chi connectivity index (χ4v) is 4.81. The van der Waals surface area contributed by atoms with Gasteiger partial charge in [0.15, 0.2) is 11.6 Å². The van der Waals surface area contributed by atoms with E-state index < -0.39 is 5.82 Å². The first-order chi connectivity index (χ1) is 18.0. The molecule has 2 aromatic carbocycles. The third kappa shape index (κ3) is 4.78. The first-order valence-electron chi connectivity index (χ1n) is 12.3. The summed E-state index contributed by atoms with van der Waals surface area (Å²) in [6.07, 6.45) is 2.35. The second kappa shape index (κ2) is 9.75. The van der Waals surface area contributed by atoms with Gasteiger partial charge in [0.1, 0.15) is 17.9 Å². The highest BCUT2D eigenvalue weighted by molar-refractivity contribution is 6.32. The number of rotatable bonds is 7. The molecule has 0 unspecified atom stereocenters. The Hall–Kier alpha value is -3.50. The van der Waals surface area contributed by atoms with Crippen LogP contribution in [-0.2, 0) is 22.5 Å². The summed E-state index contributed by atoms with van der Waals surface area (Å²) in [4.78, 5) is 35.2. The number of nitrogens with one attached hydrogen (secondary N) is 1. The highest BCUT2D eigenvalue weighted by Crippen LogP contribution is 2.36. The molecule has 4 aromatic rings. The Balaban J connectivity index is 1.34. The smallest absolute Gasteiger partial charge is 0.275 e. The lowest BCUT2D eigenvalue weighted by molar-refractivity contribution is -0.136. The zero-order valence-corrected chi connectivity index (χ0v) is 20.8. The topological polar surface area (TPSA) is 102 Å². The van der Waals surface area contributed by atoms with E-state index in [1.54, 1.807) is 29.2 Å². The van der Waals surface area contributed by atoms with E-state index in [2.05, 4.69) is 15.1 Å². The lowest BCUT2D eigenvalue weighted by Gasteiger charge is -2.26. The Labute approximate surface area is 216 Å². The van der Waals surface area contributed by atoms with E-state index in [9.17, 15) is 9.59 Å². The van der Waals surface area contributed by atoms with Gasteiger partial charge in [0.25, 0.3) is 5.56 Å². The van der Waals surface area contributed by atoms with Gasteiger partial charge in [-0.3, -0.25) is 9.59 Å². The van der Waals surface area contributed by atoms with Gasteiger partial charge in [0, 0.05) is 18.5 Å². The molecule has 9 nitrogen and oxygen atoms in total. The van der Waals surface area contributed by atoms with Gasteiger partial charge in [0.2, 0.25) is 5.91 Å². The van der Waals surface area contributed by atoms with Crippen LogP contribution in [0.1, 0.15) is 24.4 Å². The van der Waals surface area contributed by atoms with Crippen molar-refractivity contribution in [2.75, 3.05) is 32.9 Å². The Morgan fingerprint density at radius 1 is 1.22 bits per heavy atom. The number of morpholine rings is 1. The van der Waals surface area contributed by atoms with Crippen LogP contribution in [0.25, 0.3) is 21.8 Å². The SMILES string of the molecule is O=C(Cn1nc(Cc2nc3c(F)c(OCC4CC4)c(Cl)cc3[nH]2)c2ccccc2c1=O)N1CCOCC1. The summed E-state index contributed by atoms with van der Waals surface area (Å²) in [6, 6.07) is 8.70. The molecule has 1 saturated carbocycles. The first-order valence-corrected chi connectivity index (χ1v) is 12.7. The molecule has 2 fully saturated rings. The molecule has 6 rings (SSSR count). The van der Waals surface area contributed by atoms with Crippen molar-refractivity contribution in [1.29, 1.82) is 0 Å². The van der Waals surface area contributed by atoms with Crippen LogP contribution in [-0.4, -0.2) is 63.5 Å². The average molecular weight is 526 g/mol. The number of carbonyl (C=O) groups is 1. The number of hydrogen-bond donors (Lipinski definition) is 1.